The highest BCUT2D eigenvalue weighted by molar-refractivity contribution is 7.15. The van der Waals surface area contributed by atoms with Gasteiger partial charge in [-0.05, 0) is 45.6 Å². The fourth-order valence-corrected chi connectivity index (χ4v) is 5.83. The van der Waals surface area contributed by atoms with Gasteiger partial charge in [-0.3, -0.25) is 9.69 Å². The molecule has 4 rings (SSSR count). The Labute approximate surface area is 200 Å². The third kappa shape index (κ3) is 6.07. The van der Waals surface area contributed by atoms with Crippen molar-refractivity contribution in [1.29, 1.82) is 0 Å². The minimum Gasteiger partial charge on any atom is -0.395 e. The zero-order valence-corrected chi connectivity index (χ0v) is 20.6. The second kappa shape index (κ2) is 11.4. The lowest BCUT2D eigenvalue weighted by atomic mass is 9.94. The number of thiazole rings is 1. The van der Waals surface area contributed by atoms with E-state index in [2.05, 4.69) is 22.1 Å². The summed E-state index contributed by atoms with van der Waals surface area (Å²) in [5.41, 5.74) is 0.938. The highest BCUT2D eigenvalue weighted by Crippen LogP contribution is 2.29. The minimum absolute atomic E-state index is 0.0793. The van der Waals surface area contributed by atoms with Crippen LogP contribution in [-0.4, -0.2) is 74.6 Å². The number of aromatic nitrogens is 3. The van der Waals surface area contributed by atoms with E-state index in [4.69, 9.17) is 9.97 Å². The number of carbonyl (C=O) groups is 1. The maximum atomic E-state index is 13.2. The Morgan fingerprint density at radius 3 is 2.79 bits per heavy atom. The first-order valence-electron chi connectivity index (χ1n) is 12.3. The summed E-state index contributed by atoms with van der Waals surface area (Å²) in [4.78, 5) is 32.7. The van der Waals surface area contributed by atoms with Crippen LogP contribution in [0, 0.1) is 6.92 Å². The van der Waals surface area contributed by atoms with Gasteiger partial charge in [0.05, 0.1) is 12.6 Å². The maximum absolute atomic E-state index is 13.2. The van der Waals surface area contributed by atoms with Crippen molar-refractivity contribution in [2.24, 2.45) is 0 Å². The first-order chi connectivity index (χ1) is 16.1. The van der Waals surface area contributed by atoms with Crippen LogP contribution in [0.4, 0.5) is 10.9 Å². The summed E-state index contributed by atoms with van der Waals surface area (Å²) in [7, 11) is 0. The number of nitrogens with one attached hydrogen (secondary N) is 1. The molecule has 4 heterocycles. The number of rotatable bonds is 8. The van der Waals surface area contributed by atoms with Crippen molar-refractivity contribution in [2.45, 2.75) is 70.8 Å². The summed E-state index contributed by atoms with van der Waals surface area (Å²) in [5.74, 6) is 2.12. The fraction of sp³-hybridized carbons (Fsp3) is 0.667. The van der Waals surface area contributed by atoms with Gasteiger partial charge in [0.1, 0.15) is 11.6 Å². The van der Waals surface area contributed by atoms with Gasteiger partial charge in [-0.15, -0.1) is 11.3 Å². The third-order valence-corrected chi connectivity index (χ3v) is 7.59. The number of anilines is 2. The van der Waals surface area contributed by atoms with Crippen molar-refractivity contribution in [2.75, 3.05) is 38.1 Å². The van der Waals surface area contributed by atoms with Gasteiger partial charge in [-0.2, -0.15) is 0 Å². The van der Waals surface area contributed by atoms with E-state index < -0.39 is 0 Å². The molecule has 8 nitrogen and oxygen atoms in total. The zero-order chi connectivity index (χ0) is 23.2. The van der Waals surface area contributed by atoms with E-state index in [0.29, 0.717) is 6.54 Å². The normalized spacial score (nSPS) is 20.2. The van der Waals surface area contributed by atoms with Crippen molar-refractivity contribution in [1.82, 2.24) is 24.8 Å². The molecule has 0 aromatic carbocycles. The number of aliphatic hydroxyl groups excluding tert-OH is 1. The number of hydrogen-bond donors (Lipinski definition) is 2. The van der Waals surface area contributed by atoms with E-state index >= 15 is 0 Å². The molecule has 0 bridgehead atoms. The number of nitrogens with zero attached hydrogens (tertiary/aromatic N) is 5. The first kappa shape index (κ1) is 24.0. The Bertz CT molecular complexity index is 925. The summed E-state index contributed by atoms with van der Waals surface area (Å²) in [6.45, 7) is 7.23. The van der Waals surface area contributed by atoms with Gasteiger partial charge in [0.2, 0.25) is 5.91 Å². The van der Waals surface area contributed by atoms with Crippen LogP contribution in [0.3, 0.4) is 0 Å². The van der Waals surface area contributed by atoms with Crippen LogP contribution in [0.25, 0.3) is 0 Å². The van der Waals surface area contributed by atoms with Gasteiger partial charge < -0.3 is 15.3 Å². The number of amides is 1. The molecule has 0 unspecified atom stereocenters. The summed E-state index contributed by atoms with van der Waals surface area (Å²) in [6, 6.07) is 1.88. The van der Waals surface area contributed by atoms with Crippen molar-refractivity contribution in [3.05, 3.63) is 28.7 Å². The lowest BCUT2D eigenvalue weighted by Crippen LogP contribution is -2.53. The Balaban J connectivity index is 1.37. The predicted octanol–water partition coefficient (Wildman–Crippen LogP) is 3.49. The smallest absolute Gasteiger partial charge is 0.239 e. The average molecular weight is 473 g/mol. The van der Waals surface area contributed by atoms with Gasteiger partial charge in [0.15, 0.2) is 5.13 Å². The second-order valence-electron chi connectivity index (χ2n) is 9.13. The topological polar surface area (TPSA) is 94.5 Å². The molecule has 9 heteroatoms. The van der Waals surface area contributed by atoms with Crippen molar-refractivity contribution < 1.29 is 9.90 Å². The van der Waals surface area contributed by atoms with E-state index in [9.17, 15) is 9.90 Å². The number of likely N-dealkylation sites (tertiary alicyclic amines) is 2. The van der Waals surface area contributed by atoms with E-state index in [1.165, 1.54) is 4.88 Å². The molecule has 2 aliphatic rings. The summed E-state index contributed by atoms with van der Waals surface area (Å²) in [5, 5.41) is 13.6. The molecular weight excluding hydrogens is 436 g/mol. The van der Waals surface area contributed by atoms with E-state index in [1.807, 2.05) is 24.1 Å². The SMILES string of the molecule is CCCc1cnc(Nc2cc(C)nc(C3CCN(C(=O)[C@@H]4CCCCN4CCO)CC3)n2)s1. The monoisotopic (exact) mass is 472 g/mol. The highest BCUT2D eigenvalue weighted by atomic mass is 32.1. The number of aliphatic hydroxyl groups is 1. The maximum Gasteiger partial charge on any atom is 0.239 e. The molecule has 2 aromatic rings. The molecule has 2 N–H and O–H groups in total. The molecule has 0 aliphatic carbocycles. The number of aryl methyl sites for hydroxylation is 2. The Hall–Kier alpha value is -2.10. The van der Waals surface area contributed by atoms with Gasteiger partial charge in [-0.1, -0.05) is 19.8 Å². The van der Waals surface area contributed by atoms with E-state index in [-0.39, 0.29) is 24.5 Å². The van der Waals surface area contributed by atoms with Gasteiger partial charge in [-0.25, -0.2) is 15.0 Å². The first-order valence-corrected chi connectivity index (χ1v) is 13.1. The minimum atomic E-state index is -0.0793. The lowest BCUT2D eigenvalue weighted by molar-refractivity contribution is -0.139. The molecule has 2 saturated heterocycles. The summed E-state index contributed by atoms with van der Waals surface area (Å²) in [6.07, 6.45) is 8.92. The standard InChI is InChI=1S/C24H36N6O2S/c1-3-6-19-16-25-24(33-19)28-21-15-17(2)26-22(27-21)18-8-11-30(12-9-18)23(32)20-7-4-5-10-29(20)13-14-31/h15-16,18,20,31H,3-14H2,1-2H3,(H,25,26,27,28)/t20-/m0/s1. The predicted molar refractivity (Wildman–Crippen MR) is 131 cm³/mol. The van der Waals surface area contributed by atoms with Gasteiger partial charge in [0, 0.05) is 48.4 Å². The van der Waals surface area contributed by atoms with Crippen LogP contribution in [0.15, 0.2) is 12.3 Å². The molecule has 2 fully saturated rings. The number of carbonyl (C=O) groups excluding carboxylic acids is 1. The molecule has 2 aliphatic heterocycles. The fourth-order valence-electron chi connectivity index (χ4n) is 4.91. The van der Waals surface area contributed by atoms with Gasteiger partial charge in [0.25, 0.3) is 0 Å². The van der Waals surface area contributed by atoms with Crippen LogP contribution >= 0.6 is 11.3 Å². The van der Waals surface area contributed by atoms with Crippen LogP contribution in [-0.2, 0) is 11.2 Å². The van der Waals surface area contributed by atoms with Crippen LogP contribution in [0.2, 0.25) is 0 Å². The zero-order valence-electron chi connectivity index (χ0n) is 19.8. The van der Waals surface area contributed by atoms with E-state index in [1.54, 1.807) is 11.3 Å². The van der Waals surface area contributed by atoms with Crippen molar-refractivity contribution in [3.8, 4) is 0 Å². The quantitative estimate of drug-likeness (QED) is 0.607. The molecule has 180 valence electrons. The number of hydrogen-bond acceptors (Lipinski definition) is 8. The molecule has 0 saturated carbocycles. The number of piperidine rings is 2. The Morgan fingerprint density at radius 1 is 1.21 bits per heavy atom. The van der Waals surface area contributed by atoms with Crippen LogP contribution in [0.5, 0.6) is 0 Å². The average Bonchev–Trinajstić information content (AvgIpc) is 3.26. The summed E-state index contributed by atoms with van der Waals surface area (Å²) < 4.78 is 0. The molecule has 0 spiro atoms. The van der Waals surface area contributed by atoms with Gasteiger partial charge >= 0.3 is 0 Å². The summed E-state index contributed by atoms with van der Waals surface area (Å²) >= 11 is 1.67. The largest absolute Gasteiger partial charge is 0.395 e. The molecule has 33 heavy (non-hydrogen) atoms. The lowest BCUT2D eigenvalue weighted by Gasteiger charge is -2.39. The Kier molecular flexibility index (Phi) is 8.27. The molecule has 2 aromatic heterocycles. The molecule has 0 radical (unpaired) electrons. The molecule has 1 amide bonds. The van der Waals surface area contributed by atoms with E-state index in [0.717, 1.165) is 87.0 Å². The van der Waals surface area contributed by atoms with Crippen LogP contribution < -0.4 is 5.32 Å². The van der Waals surface area contributed by atoms with Crippen LogP contribution in [0.1, 0.15) is 67.8 Å². The van der Waals surface area contributed by atoms with Crippen molar-refractivity contribution in [3.63, 3.8) is 0 Å². The second-order valence-corrected chi connectivity index (χ2v) is 10.2. The molecular formula is C24H36N6O2S. The molecule has 1 atom stereocenters. The Morgan fingerprint density at radius 2 is 2.03 bits per heavy atom. The third-order valence-electron chi connectivity index (χ3n) is 6.61. The van der Waals surface area contributed by atoms with Crippen molar-refractivity contribution >= 4 is 28.2 Å². The highest BCUT2D eigenvalue weighted by Gasteiger charge is 2.34. The number of β-amino-alcohol motifs (C(OH)–C–C–N with tert-alkyl or cyclic N) is 1.